The van der Waals surface area contributed by atoms with Gasteiger partial charge in [0.2, 0.25) is 5.91 Å². The van der Waals surface area contributed by atoms with Crippen LogP contribution in [0.2, 0.25) is 0 Å². The van der Waals surface area contributed by atoms with Gasteiger partial charge in [0.15, 0.2) is 0 Å². The minimum atomic E-state index is -1.36. The number of carboxylic acids is 1. The molecule has 1 unspecified atom stereocenters. The second-order valence-corrected chi connectivity index (χ2v) is 5.49. The molecule has 0 aliphatic rings. The third-order valence-electron chi connectivity index (χ3n) is 2.34. The van der Waals surface area contributed by atoms with E-state index in [2.05, 4.69) is 0 Å². The van der Waals surface area contributed by atoms with Crippen molar-refractivity contribution in [2.45, 2.75) is 11.3 Å². The monoisotopic (exact) mass is 269 g/mol. The van der Waals surface area contributed by atoms with Crippen LogP contribution in [0, 0.1) is 0 Å². The fourth-order valence-electron chi connectivity index (χ4n) is 1.29. The molecule has 1 atom stereocenters. The Morgan fingerprint density at radius 3 is 2.56 bits per heavy atom. The van der Waals surface area contributed by atoms with Crippen LogP contribution < -0.4 is 0 Å². The third kappa shape index (κ3) is 3.96. The van der Waals surface area contributed by atoms with Gasteiger partial charge in [-0.25, -0.2) is 4.79 Å². The van der Waals surface area contributed by atoms with E-state index in [1.54, 1.807) is 26.2 Å². The summed E-state index contributed by atoms with van der Waals surface area (Å²) in [7, 11) is 1.91. The van der Waals surface area contributed by atoms with Crippen LogP contribution in [0.1, 0.15) is 16.8 Å². The van der Waals surface area contributed by atoms with Gasteiger partial charge in [-0.3, -0.25) is 9.00 Å². The highest BCUT2D eigenvalue weighted by atomic mass is 32.2. The van der Waals surface area contributed by atoms with Gasteiger partial charge in [-0.1, -0.05) is 6.07 Å². The topological polar surface area (TPSA) is 74.7 Å². The number of hydrogen-bond acceptors (Lipinski definition) is 3. The van der Waals surface area contributed by atoms with Gasteiger partial charge in [-0.05, 0) is 18.2 Å². The maximum absolute atomic E-state index is 11.9. The fraction of sp³-hybridized carbons (Fsp3) is 0.333. The average Bonchev–Trinajstić information content (AvgIpc) is 2.35. The van der Waals surface area contributed by atoms with Crippen molar-refractivity contribution in [1.29, 1.82) is 0 Å². The van der Waals surface area contributed by atoms with E-state index in [1.165, 1.54) is 17.0 Å². The zero-order valence-corrected chi connectivity index (χ0v) is 11.1. The van der Waals surface area contributed by atoms with Crippen molar-refractivity contribution in [3.05, 3.63) is 29.8 Å². The number of carbonyl (C=O) groups excluding carboxylic acids is 1. The van der Waals surface area contributed by atoms with Gasteiger partial charge in [-0.15, -0.1) is 0 Å². The molecule has 18 heavy (non-hydrogen) atoms. The molecular weight excluding hydrogens is 254 g/mol. The maximum atomic E-state index is 11.9. The van der Waals surface area contributed by atoms with Gasteiger partial charge in [-0.2, -0.15) is 0 Å². The Bertz CT molecular complexity index is 485. The van der Waals surface area contributed by atoms with Crippen molar-refractivity contribution in [1.82, 2.24) is 4.90 Å². The summed E-state index contributed by atoms with van der Waals surface area (Å²) in [5.74, 6) is -0.962. The van der Waals surface area contributed by atoms with Crippen LogP contribution in [0.5, 0.6) is 0 Å². The Balaban J connectivity index is 2.70. The largest absolute Gasteiger partial charge is 0.478 e. The molecule has 0 spiro atoms. The second kappa shape index (κ2) is 6.30. The molecule has 0 saturated carbocycles. The molecule has 0 fully saturated rings. The van der Waals surface area contributed by atoms with Gasteiger partial charge < -0.3 is 10.0 Å². The fourth-order valence-corrected chi connectivity index (χ4v) is 2.38. The quantitative estimate of drug-likeness (QED) is 0.864. The average molecular weight is 269 g/mol. The van der Waals surface area contributed by atoms with Crippen molar-refractivity contribution in [2.24, 2.45) is 0 Å². The van der Waals surface area contributed by atoms with Crippen LogP contribution in [0.3, 0.4) is 0 Å². The van der Waals surface area contributed by atoms with Crippen LogP contribution in [0.15, 0.2) is 29.2 Å². The smallest absolute Gasteiger partial charge is 0.335 e. The zero-order chi connectivity index (χ0) is 13.7. The van der Waals surface area contributed by atoms with Crippen LogP contribution in [-0.4, -0.2) is 45.9 Å². The number of hydrogen-bond donors (Lipinski definition) is 1. The van der Waals surface area contributed by atoms with E-state index in [-0.39, 0.29) is 23.6 Å². The first kappa shape index (κ1) is 14.4. The van der Waals surface area contributed by atoms with Crippen molar-refractivity contribution in [3.63, 3.8) is 0 Å². The third-order valence-corrected chi connectivity index (χ3v) is 3.70. The van der Waals surface area contributed by atoms with Crippen molar-refractivity contribution in [2.75, 3.05) is 19.8 Å². The van der Waals surface area contributed by atoms with E-state index in [4.69, 9.17) is 5.11 Å². The highest BCUT2D eigenvalue weighted by Crippen LogP contribution is 2.11. The van der Waals surface area contributed by atoms with Crippen LogP contribution in [-0.2, 0) is 15.6 Å². The molecule has 1 amide bonds. The molecule has 6 heteroatoms. The molecular formula is C12H15NO4S. The van der Waals surface area contributed by atoms with Gasteiger partial charge in [0, 0.05) is 31.2 Å². The van der Waals surface area contributed by atoms with Crippen LogP contribution in [0.25, 0.3) is 0 Å². The molecule has 98 valence electrons. The molecule has 0 radical (unpaired) electrons. The lowest BCUT2D eigenvalue weighted by Gasteiger charge is -2.09. The van der Waals surface area contributed by atoms with Gasteiger partial charge in [0.05, 0.1) is 16.4 Å². The Labute approximate surface area is 108 Å². The van der Waals surface area contributed by atoms with E-state index in [0.29, 0.717) is 4.90 Å². The summed E-state index contributed by atoms with van der Waals surface area (Å²) in [5.41, 5.74) is 0.0970. The molecule has 1 aromatic rings. The number of carbonyl (C=O) groups is 2. The zero-order valence-electron chi connectivity index (χ0n) is 10.3. The molecule has 0 aromatic heterocycles. The number of rotatable bonds is 5. The lowest BCUT2D eigenvalue weighted by molar-refractivity contribution is -0.128. The van der Waals surface area contributed by atoms with Gasteiger partial charge in [0.1, 0.15) is 0 Å². The minimum Gasteiger partial charge on any atom is -0.478 e. The summed E-state index contributed by atoms with van der Waals surface area (Å²) < 4.78 is 11.9. The Morgan fingerprint density at radius 2 is 2.00 bits per heavy atom. The molecule has 5 nitrogen and oxygen atoms in total. The first-order valence-corrected chi connectivity index (χ1v) is 6.65. The molecule has 1 aromatic carbocycles. The van der Waals surface area contributed by atoms with Crippen molar-refractivity contribution < 1.29 is 18.9 Å². The van der Waals surface area contributed by atoms with Gasteiger partial charge >= 0.3 is 5.97 Å². The summed E-state index contributed by atoms with van der Waals surface area (Å²) in [6.07, 6.45) is 0.177. The maximum Gasteiger partial charge on any atom is 0.335 e. The Morgan fingerprint density at radius 1 is 1.33 bits per heavy atom. The number of nitrogens with zero attached hydrogens (tertiary/aromatic N) is 1. The normalized spacial score (nSPS) is 11.9. The molecule has 0 saturated heterocycles. The second-order valence-electron chi connectivity index (χ2n) is 3.92. The summed E-state index contributed by atoms with van der Waals surface area (Å²) in [4.78, 5) is 24.0. The van der Waals surface area contributed by atoms with Crippen LogP contribution in [0.4, 0.5) is 0 Å². The summed E-state index contributed by atoms with van der Waals surface area (Å²) >= 11 is 0. The van der Waals surface area contributed by atoms with Gasteiger partial charge in [0.25, 0.3) is 0 Å². The van der Waals surface area contributed by atoms with E-state index < -0.39 is 16.8 Å². The SMILES string of the molecule is CN(C)C(=O)CCS(=O)c1cccc(C(=O)O)c1. The minimum absolute atomic E-state index is 0.0970. The predicted octanol–water partition coefficient (Wildman–Crippen LogP) is 0.971. The molecule has 0 aliphatic carbocycles. The highest BCUT2D eigenvalue weighted by molar-refractivity contribution is 7.85. The highest BCUT2D eigenvalue weighted by Gasteiger charge is 2.11. The van der Waals surface area contributed by atoms with Crippen molar-refractivity contribution in [3.8, 4) is 0 Å². The number of amides is 1. The first-order valence-electron chi connectivity index (χ1n) is 5.33. The molecule has 0 bridgehead atoms. The molecule has 1 rings (SSSR count). The summed E-state index contributed by atoms with van der Waals surface area (Å²) in [5, 5.41) is 8.82. The van der Waals surface area contributed by atoms with E-state index in [0.717, 1.165) is 0 Å². The number of aromatic carboxylic acids is 1. The molecule has 0 aliphatic heterocycles. The standard InChI is InChI=1S/C12H15NO4S/c1-13(2)11(14)6-7-18(17)10-5-3-4-9(8-10)12(15)16/h3-5,8H,6-7H2,1-2H3,(H,15,16). The van der Waals surface area contributed by atoms with Crippen molar-refractivity contribution >= 4 is 22.7 Å². The Hall–Kier alpha value is -1.69. The number of benzene rings is 1. The summed E-state index contributed by atoms with van der Waals surface area (Å²) in [6, 6.07) is 5.96. The van der Waals surface area contributed by atoms with E-state index in [1.807, 2.05) is 0 Å². The lowest BCUT2D eigenvalue weighted by Crippen LogP contribution is -2.23. The first-order chi connectivity index (χ1) is 8.41. The summed E-state index contributed by atoms with van der Waals surface area (Å²) in [6.45, 7) is 0. The Kier molecular flexibility index (Phi) is 5.03. The van der Waals surface area contributed by atoms with E-state index >= 15 is 0 Å². The lowest BCUT2D eigenvalue weighted by atomic mass is 10.2. The molecule has 1 N–H and O–H groups in total. The van der Waals surface area contributed by atoms with E-state index in [9.17, 15) is 13.8 Å². The predicted molar refractivity (Wildman–Crippen MR) is 68.0 cm³/mol. The number of carboxylic acid groups (broad SMARTS) is 1. The van der Waals surface area contributed by atoms with Crippen LogP contribution >= 0.6 is 0 Å². The molecule has 0 heterocycles.